The van der Waals surface area contributed by atoms with Gasteiger partial charge >= 0.3 is 0 Å². The van der Waals surface area contributed by atoms with Crippen molar-refractivity contribution in [2.75, 3.05) is 5.75 Å². The zero-order valence-electron chi connectivity index (χ0n) is 5.45. The fraction of sp³-hybridized carbons (Fsp3) is 0.600. The van der Waals surface area contributed by atoms with Gasteiger partial charge < -0.3 is 9.52 Å². The van der Waals surface area contributed by atoms with Crippen molar-refractivity contribution in [3.63, 3.8) is 0 Å². The molecule has 6 heteroatoms. The lowest BCUT2D eigenvalue weighted by molar-refractivity contribution is 0.222. The van der Waals surface area contributed by atoms with Crippen LogP contribution in [0.25, 0.3) is 0 Å². The number of nitrogens with zero attached hydrogens (tertiary/aromatic N) is 2. The Morgan fingerprint density at radius 3 is 2.91 bits per heavy atom. The zero-order chi connectivity index (χ0) is 7.90. The minimum Gasteiger partial charge on any atom is -0.418 e. The van der Waals surface area contributed by atoms with Crippen molar-refractivity contribution >= 4 is 11.8 Å². The van der Waals surface area contributed by atoms with Gasteiger partial charge in [-0.1, -0.05) is 0 Å². The molecule has 1 fully saturated rings. The van der Waals surface area contributed by atoms with Crippen molar-refractivity contribution in [2.45, 2.75) is 11.6 Å². The third-order valence-corrected chi connectivity index (χ3v) is 2.29. The molecule has 1 aliphatic heterocycles. The third-order valence-electron chi connectivity index (χ3n) is 1.32. The van der Waals surface area contributed by atoms with Crippen molar-refractivity contribution in [3.8, 4) is 0 Å². The van der Waals surface area contributed by atoms with Crippen LogP contribution in [0.2, 0.25) is 0 Å². The highest BCUT2D eigenvalue weighted by Crippen LogP contribution is 2.54. The number of aromatic nitrogens is 2. The summed E-state index contributed by atoms with van der Waals surface area (Å²) >= 11 is 1.10. The van der Waals surface area contributed by atoms with Gasteiger partial charge in [-0.2, -0.15) is 0 Å². The van der Waals surface area contributed by atoms with Crippen molar-refractivity contribution in [1.29, 1.82) is 0 Å². The number of rotatable bonds is 2. The van der Waals surface area contributed by atoms with Crippen LogP contribution in [-0.4, -0.2) is 21.1 Å². The highest BCUT2D eigenvalue weighted by molar-refractivity contribution is 8.07. The number of thioether (sulfide) groups is 1. The van der Waals surface area contributed by atoms with Crippen LogP contribution in [0.4, 0.5) is 4.39 Å². The molecule has 4 nitrogen and oxygen atoms in total. The molecule has 1 aliphatic rings. The van der Waals surface area contributed by atoms with Crippen molar-refractivity contribution in [3.05, 3.63) is 11.8 Å². The standard InChI is InChI=1S/C5H5FN2O2S/c6-5(2-11-5)4-8-7-3(1-9)10-4/h9H,1-2H2. The average Bonchev–Trinajstić information content (AvgIpc) is 2.61. The summed E-state index contributed by atoms with van der Waals surface area (Å²) in [4.78, 5) is 0. The Morgan fingerprint density at radius 1 is 1.73 bits per heavy atom. The second kappa shape index (κ2) is 2.18. The highest BCUT2D eigenvalue weighted by Gasteiger charge is 2.51. The lowest BCUT2D eigenvalue weighted by Crippen LogP contribution is -1.97. The Balaban J connectivity index is 2.25. The van der Waals surface area contributed by atoms with Crippen molar-refractivity contribution in [2.24, 2.45) is 0 Å². The van der Waals surface area contributed by atoms with Crippen LogP contribution >= 0.6 is 11.8 Å². The SMILES string of the molecule is OCc1nnc(C2(F)CS2)o1. The Labute approximate surface area is 65.8 Å². The first-order valence-electron chi connectivity index (χ1n) is 3.01. The minimum atomic E-state index is -1.47. The van der Waals surface area contributed by atoms with E-state index in [-0.39, 0.29) is 18.4 Å². The molecule has 11 heavy (non-hydrogen) atoms. The first-order chi connectivity index (χ1) is 5.24. The fourth-order valence-corrected chi connectivity index (χ4v) is 1.11. The maximum atomic E-state index is 13.1. The van der Waals surface area contributed by atoms with E-state index in [9.17, 15) is 4.39 Å². The summed E-state index contributed by atoms with van der Waals surface area (Å²) in [5, 5.41) is 13.9. The van der Waals surface area contributed by atoms with Crippen LogP contribution in [0.3, 0.4) is 0 Å². The largest absolute Gasteiger partial charge is 0.418 e. The summed E-state index contributed by atoms with van der Waals surface area (Å²) in [5.74, 6) is 0.385. The molecule has 1 atom stereocenters. The van der Waals surface area contributed by atoms with Crippen LogP contribution in [0.5, 0.6) is 0 Å². The zero-order valence-corrected chi connectivity index (χ0v) is 6.27. The van der Waals surface area contributed by atoms with Gasteiger partial charge in [-0.3, -0.25) is 0 Å². The van der Waals surface area contributed by atoms with Gasteiger partial charge in [-0.05, 0) is 0 Å². The monoisotopic (exact) mass is 176 g/mol. The molecular formula is C5H5FN2O2S. The number of aliphatic hydroxyl groups is 1. The molecule has 0 bridgehead atoms. The predicted octanol–water partition coefficient (Wildman–Crippen LogP) is 0.431. The molecule has 0 amide bonds. The molecule has 0 spiro atoms. The molecule has 1 N–H and O–H groups in total. The summed E-state index contributed by atoms with van der Waals surface area (Å²) in [5.41, 5.74) is 0. The van der Waals surface area contributed by atoms with Crippen molar-refractivity contribution in [1.82, 2.24) is 10.2 Å². The summed E-state index contributed by atoms with van der Waals surface area (Å²) < 4.78 is 17.9. The van der Waals surface area contributed by atoms with Crippen LogP contribution < -0.4 is 0 Å². The molecule has 1 saturated heterocycles. The molecule has 60 valence electrons. The highest BCUT2D eigenvalue weighted by atomic mass is 32.2. The van der Waals surface area contributed by atoms with Gasteiger partial charge in [0.25, 0.3) is 5.89 Å². The van der Waals surface area contributed by atoms with E-state index in [4.69, 9.17) is 9.52 Å². The van der Waals surface area contributed by atoms with Crippen LogP contribution in [0, 0.1) is 0 Å². The topological polar surface area (TPSA) is 59.2 Å². The van der Waals surface area contributed by atoms with Gasteiger partial charge in [0.2, 0.25) is 10.9 Å². The Morgan fingerprint density at radius 2 is 2.45 bits per heavy atom. The summed E-state index contributed by atoms with van der Waals surface area (Å²) in [6.07, 6.45) is 0. The molecule has 0 saturated carbocycles. The van der Waals surface area contributed by atoms with Crippen molar-refractivity contribution < 1.29 is 13.9 Å². The Hall–Kier alpha value is -0.620. The van der Waals surface area contributed by atoms with E-state index >= 15 is 0 Å². The molecular weight excluding hydrogens is 171 g/mol. The van der Waals surface area contributed by atoms with Crippen LogP contribution in [0.1, 0.15) is 11.8 Å². The van der Waals surface area contributed by atoms with E-state index in [0.717, 1.165) is 11.8 Å². The Kier molecular flexibility index (Phi) is 1.40. The van der Waals surface area contributed by atoms with Gasteiger partial charge in [0.1, 0.15) is 6.61 Å². The smallest absolute Gasteiger partial charge is 0.265 e. The summed E-state index contributed by atoms with van der Waals surface area (Å²) in [6.45, 7) is -0.340. The normalized spacial score (nSPS) is 28.9. The number of halogens is 1. The number of hydrogen-bond donors (Lipinski definition) is 1. The average molecular weight is 176 g/mol. The van der Waals surface area contributed by atoms with E-state index in [0.29, 0.717) is 5.75 Å². The lowest BCUT2D eigenvalue weighted by Gasteiger charge is -1.91. The molecule has 2 rings (SSSR count). The van der Waals surface area contributed by atoms with Crippen LogP contribution in [0.15, 0.2) is 4.42 Å². The molecule has 1 aromatic rings. The van der Waals surface area contributed by atoms with E-state index in [2.05, 4.69) is 10.2 Å². The lowest BCUT2D eigenvalue weighted by atomic mass is 10.4. The molecule has 1 unspecified atom stereocenters. The second-order valence-electron chi connectivity index (χ2n) is 2.18. The van der Waals surface area contributed by atoms with Gasteiger partial charge in [-0.25, -0.2) is 4.39 Å². The molecule has 0 aliphatic carbocycles. The van der Waals surface area contributed by atoms with E-state index in [1.54, 1.807) is 0 Å². The fourth-order valence-electron chi connectivity index (χ4n) is 0.655. The van der Waals surface area contributed by atoms with Crippen LogP contribution in [-0.2, 0) is 11.6 Å². The van der Waals surface area contributed by atoms with E-state index in [1.165, 1.54) is 0 Å². The maximum Gasteiger partial charge on any atom is 0.265 e. The van der Waals surface area contributed by atoms with Gasteiger partial charge in [0.05, 0.1) is 5.75 Å². The minimum absolute atomic E-state index is 0.0356. The van der Waals surface area contributed by atoms with E-state index < -0.39 is 5.00 Å². The first-order valence-corrected chi connectivity index (χ1v) is 4.00. The molecule has 0 radical (unpaired) electrons. The second-order valence-corrected chi connectivity index (χ2v) is 3.40. The Bertz CT molecular complexity index is 273. The number of hydrogen-bond acceptors (Lipinski definition) is 5. The first kappa shape index (κ1) is 7.05. The number of aliphatic hydroxyl groups excluding tert-OH is 1. The van der Waals surface area contributed by atoms with Gasteiger partial charge in [0, 0.05) is 0 Å². The van der Waals surface area contributed by atoms with Gasteiger partial charge in [-0.15, -0.1) is 22.0 Å². The molecule has 2 heterocycles. The molecule has 0 aromatic carbocycles. The van der Waals surface area contributed by atoms with E-state index in [1.807, 2.05) is 0 Å². The summed E-state index contributed by atoms with van der Waals surface area (Å²) in [7, 11) is 0. The van der Waals surface area contributed by atoms with Gasteiger partial charge in [0.15, 0.2) is 0 Å². The number of alkyl halides is 1. The third kappa shape index (κ3) is 1.12. The quantitative estimate of drug-likeness (QED) is 0.662. The molecule has 1 aromatic heterocycles. The predicted molar refractivity (Wildman–Crippen MR) is 35.5 cm³/mol. The maximum absolute atomic E-state index is 13.1. The summed E-state index contributed by atoms with van der Waals surface area (Å²) in [6, 6.07) is 0.